The molecule has 0 bridgehead atoms. The number of benzene rings is 1. The minimum Gasteiger partial charge on any atom is -0.508 e. The van der Waals surface area contributed by atoms with Crippen molar-refractivity contribution >= 4 is 16.0 Å². The highest BCUT2D eigenvalue weighted by molar-refractivity contribution is 7.89. The second-order valence-corrected chi connectivity index (χ2v) is 7.25. The molecule has 1 saturated heterocycles. The number of methoxy groups -OCH3 is 1. The number of esters is 1. The number of aromatic hydroxyl groups is 1. The van der Waals surface area contributed by atoms with Gasteiger partial charge in [0.15, 0.2) is 0 Å². The largest absolute Gasteiger partial charge is 0.508 e. The molecule has 0 saturated carbocycles. The zero-order valence-corrected chi connectivity index (χ0v) is 13.9. The molecule has 0 unspecified atom stereocenters. The Bertz CT molecular complexity index is 624. The second kappa shape index (κ2) is 7.76. The predicted octanol–water partition coefficient (Wildman–Crippen LogP) is 0.698. The summed E-state index contributed by atoms with van der Waals surface area (Å²) in [7, 11) is -2.45. The van der Waals surface area contributed by atoms with Gasteiger partial charge in [0.05, 0.1) is 12.0 Å². The standard InChI is InChI=1S/C15H22N2O5S/c1-22-15(19)14(17-9-3-2-4-10-17)11-16-23(20,21)13-7-5-12(18)6-8-13/h5-8,14,16,18H,2-4,9-11H2,1H3/t14-/m0/s1. The number of carbonyl (C=O) groups excluding carboxylic acids is 1. The summed E-state index contributed by atoms with van der Waals surface area (Å²) in [5.41, 5.74) is 0. The highest BCUT2D eigenvalue weighted by Crippen LogP contribution is 2.16. The van der Waals surface area contributed by atoms with Crippen LogP contribution < -0.4 is 4.72 Å². The fraction of sp³-hybridized carbons (Fsp3) is 0.533. The molecule has 1 heterocycles. The van der Waals surface area contributed by atoms with Gasteiger partial charge in [-0.15, -0.1) is 0 Å². The molecule has 0 radical (unpaired) electrons. The van der Waals surface area contributed by atoms with Crippen LogP contribution >= 0.6 is 0 Å². The normalized spacial score (nSPS) is 17.6. The summed E-state index contributed by atoms with van der Waals surface area (Å²) in [4.78, 5) is 14.0. The number of piperidine rings is 1. The van der Waals surface area contributed by atoms with Crippen LogP contribution in [0.5, 0.6) is 5.75 Å². The van der Waals surface area contributed by atoms with Crippen LogP contribution in [-0.4, -0.2) is 57.2 Å². The van der Waals surface area contributed by atoms with Crippen LogP contribution in [0.15, 0.2) is 29.2 Å². The van der Waals surface area contributed by atoms with Crippen molar-refractivity contribution in [2.75, 3.05) is 26.7 Å². The maximum atomic E-state index is 12.3. The van der Waals surface area contributed by atoms with Crippen LogP contribution in [0.4, 0.5) is 0 Å². The molecule has 128 valence electrons. The van der Waals surface area contributed by atoms with E-state index < -0.39 is 22.0 Å². The zero-order valence-electron chi connectivity index (χ0n) is 13.1. The Balaban J connectivity index is 2.07. The smallest absolute Gasteiger partial charge is 0.324 e. The monoisotopic (exact) mass is 342 g/mol. The first-order chi connectivity index (χ1) is 10.9. The van der Waals surface area contributed by atoms with Crippen LogP contribution in [0.25, 0.3) is 0 Å². The Hall–Kier alpha value is -1.64. The number of likely N-dealkylation sites (tertiary alicyclic amines) is 1. The van der Waals surface area contributed by atoms with Crippen molar-refractivity contribution in [2.45, 2.75) is 30.2 Å². The van der Waals surface area contributed by atoms with E-state index in [1.165, 1.54) is 31.4 Å². The number of phenolic OH excluding ortho intramolecular Hbond substituents is 1. The molecular weight excluding hydrogens is 320 g/mol. The summed E-state index contributed by atoms with van der Waals surface area (Å²) in [5.74, 6) is -0.454. The summed E-state index contributed by atoms with van der Waals surface area (Å²) >= 11 is 0. The molecule has 1 fully saturated rings. The minimum absolute atomic E-state index is 0.00953. The Kier molecular flexibility index (Phi) is 5.97. The van der Waals surface area contributed by atoms with Gasteiger partial charge in [0.1, 0.15) is 11.8 Å². The van der Waals surface area contributed by atoms with Gasteiger partial charge in [0.2, 0.25) is 10.0 Å². The molecule has 0 spiro atoms. The Morgan fingerprint density at radius 2 is 1.87 bits per heavy atom. The third kappa shape index (κ3) is 4.66. The molecule has 0 amide bonds. The summed E-state index contributed by atoms with van der Waals surface area (Å²) < 4.78 is 31.8. The first-order valence-corrected chi connectivity index (χ1v) is 9.03. The Labute approximate surface area is 136 Å². The molecule has 0 aliphatic carbocycles. The van der Waals surface area contributed by atoms with E-state index in [-0.39, 0.29) is 17.2 Å². The van der Waals surface area contributed by atoms with E-state index in [0.717, 1.165) is 32.4 Å². The van der Waals surface area contributed by atoms with E-state index in [4.69, 9.17) is 4.74 Å². The van der Waals surface area contributed by atoms with E-state index in [1.54, 1.807) is 0 Å². The van der Waals surface area contributed by atoms with Gasteiger partial charge in [-0.25, -0.2) is 13.1 Å². The van der Waals surface area contributed by atoms with E-state index in [0.29, 0.717) is 0 Å². The molecule has 2 rings (SSSR count). The maximum Gasteiger partial charge on any atom is 0.324 e. The predicted molar refractivity (Wildman–Crippen MR) is 84.5 cm³/mol. The van der Waals surface area contributed by atoms with Crippen LogP contribution in [0.3, 0.4) is 0 Å². The van der Waals surface area contributed by atoms with Crippen molar-refractivity contribution in [3.63, 3.8) is 0 Å². The fourth-order valence-electron chi connectivity index (χ4n) is 2.62. The van der Waals surface area contributed by atoms with Crippen molar-refractivity contribution < 1.29 is 23.1 Å². The van der Waals surface area contributed by atoms with Crippen molar-refractivity contribution in [3.05, 3.63) is 24.3 Å². The van der Waals surface area contributed by atoms with Crippen molar-refractivity contribution in [2.24, 2.45) is 0 Å². The quantitative estimate of drug-likeness (QED) is 0.739. The molecular formula is C15H22N2O5S. The Morgan fingerprint density at radius 3 is 2.43 bits per heavy atom. The van der Waals surface area contributed by atoms with Crippen molar-refractivity contribution in [1.29, 1.82) is 0 Å². The lowest BCUT2D eigenvalue weighted by molar-refractivity contribution is -0.147. The minimum atomic E-state index is -3.75. The molecule has 0 aromatic heterocycles. The van der Waals surface area contributed by atoms with Crippen molar-refractivity contribution in [1.82, 2.24) is 9.62 Å². The fourth-order valence-corrected chi connectivity index (χ4v) is 3.66. The van der Waals surface area contributed by atoms with Crippen LogP contribution in [-0.2, 0) is 19.6 Å². The van der Waals surface area contributed by atoms with Crippen LogP contribution in [0.2, 0.25) is 0 Å². The molecule has 2 N–H and O–H groups in total. The topological polar surface area (TPSA) is 95.9 Å². The van der Waals surface area contributed by atoms with E-state index in [9.17, 15) is 18.3 Å². The second-order valence-electron chi connectivity index (χ2n) is 5.48. The third-order valence-corrected chi connectivity index (χ3v) is 5.36. The third-order valence-electron chi connectivity index (χ3n) is 3.92. The maximum absolute atomic E-state index is 12.3. The van der Waals surface area contributed by atoms with Gasteiger partial charge >= 0.3 is 5.97 Å². The average molecular weight is 342 g/mol. The molecule has 23 heavy (non-hydrogen) atoms. The lowest BCUT2D eigenvalue weighted by atomic mass is 10.1. The average Bonchev–Trinajstić information content (AvgIpc) is 2.56. The number of hydrogen-bond donors (Lipinski definition) is 2. The molecule has 1 aliphatic rings. The molecule has 1 aromatic carbocycles. The number of hydrogen-bond acceptors (Lipinski definition) is 6. The number of phenols is 1. The summed E-state index contributed by atoms with van der Waals surface area (Å²) in [6, 6.07) is 4.60. The summed E-state index contributed by atoms with van der Waals surface area (Å²) in [6.07, 6.45) is 3.08. The molecule has 1 aliphatic heterocycles. The number of ether oxygens (including phenoxy) is 1. The van der Waals surface area contributed by atoms with Gasteiger partial charge in [-0.05, 0) is 50.2 Å². The van der Waals surface area contributed by atoms with Gasteiger partial charge in [-0.1, -0.05) is 6.42 Å². The lowest BCUT2D eigenvalue weighted by Crippen LogP contribution is -2.50. The van der Waals surface area contributed by atoms with Gasteiger partial charge in [-0.3, -0.25) is 9.69 Å². The highest BCUT2D eigenvalue weighted by Gasteiger charge is 2.29. The van der Waals surface area contributed by atoms with E-state index in [2.05, 4.69) is 4.72 Å². The molecule has 1 aromatic rings. The SMILES string of the molecule is COC(=O)[C@H](CNS(=O)(=O)c1ccc(O)cc1)N1CCCCC1. The van der Waals surface area contributed by atoms with Gasteiger partial charge in [-0.2, -0.15) is 0 Å². The van der Waals surface area contributed by atoms with Crippen molar-refractivity contribution in [3.8, 4) is 5.75 Å². The van der Waals surface area contributed by atoms with Crippen LogP contribution in [0.1, 0.15) is 19.3 Å². The van der Waals surface area contributed by atoms with Gasteiger partial charge in [0, 0.05) is 6.54 Å². The number of sulfonamides is 1. The van der Waals surface area contributed by atoms with Crippen LogP contribution in [0, 0.1) is 0 Å². The van der Waals surface area contributed by atoms with E-state index in [1.807, 2.05) is 4.90 Å². The number of nitrogens with one attached hydrogen (secondary N) is 1. The summed E-state index contributed by atoms with van der Waals surface area (Å²) in [5, 5.41) is 9.23. The van der Waals surface area contributed by atoms with E-state index >= 15 is 0 Å². The lowest BCUT2D eigenvalue weighted by Gasteiger charge is -2.32. The molecule has 8 heteroatoms. The molecule has 1 atom stereocenters. The number of carbonyl (C=O) groups is 1. The summed E-state index contributed by atoms with van der Waals surface area (Å²) in [6.45, 7) is 1.46. The van der Waals surface area contributed by atoms with Gasteiger partial charge < -0.3 is 9.84 Å². The number of rotatable bonds is 6. The first kappa shape index (κ1) is 17.7. The van der Waals surface area contributed by atoms with Gasteiger partial charge in [0.25, 0.3) is 0 Å². The Morgan fingerprint density at radius 1 is 1.26 bits per heavy atom. The first-order valence-electron chi connectivity index (χ1n) is 7.54. The highest BCUT2D eigenvalue weighted by atomic mass is 32.2. The number of nitrogens with zero attached hydrogens (tertiary/aromatic N) is 1. The zero-order chi connectivity index (χ0) is 16.9. The molecule has 7 nitrogen and oxygen atoms in total.